The van der Waals surface area contributed by atoms with E-state index in [-0.39, 0.29) is 0 Å². The van der Waals surface area contributed by atoms with Gasteiger partial charge in [-0.3, -0.25) is 0 Å². The first-order valence-corrected chi connectivity index (χ1v) is 13.2. The minimum absolute atomic E-state index is 0.436. The number of halogens is 8. The van der Waals surface area contributed by atoms with Crippen LogP contribution in [0.2, 0.25) is 0 Å². The molecule has 0 radical (unpaired) electrons. The van der Waals surface area contributed by atoms with Crippen LogP contribution in [0.3, 0.4) is 0 Å². The minimum Gasteiger partial charge on any atom is -0.418 e. The predicted molar refractivity (Wildman–Crippen MR) is 97.1 cm³/mol. The maximum absolute atomic E-state index is 9.75. The van der Waals surface area contributed by atoms with E-state index in [1.54, 1.807) is 14.2 Å². The molecule has 0 aliphatic heterocycles. The van der Waals surface area contributed by atoms with Gasteiger partial charge in [0.25, 0.3) is 0 Å². The summed E-state index contributed by atoms with van der Waals surface area (Å²) in [5, 5.41) is 0. The van der Waals surface area contributed by atoms with Gasteiger partial charge in [-0.15, -0.1) is 0 Å². The molecule has 0 saturated carbocycles. The normalized spacial score (nSPS) is 10.8. The van der Waals surface area contributed by atoms with Crippen molar-refractivity contribution in [3.8, 4) is 11.5 Å². The van der Waals surface area contributed by atoms with Gasteiger partial charge in [-0.1, -0.05) is 0 Å². The molecule has 0 fully saturated rings. The Labute approximate surface area is 168 Å². The molecule has 0 N–H and O–H groups in total. The Kier molecular flexibility index (Phi) is 12.4. The fraction of sp³-hybridized carbons (Fsp3) is 0.143. The number of hydrogen-bond donors (Lipinski definition) is 0. The summed E-state index contributed by atoms with van der Waals surface area (Å²) >= 11 is 0.891. The average molecular weight is 546 g/mol. The SMILES string of the molecule is COc1cccc([Se][Se]c2ccccc2OC)c1.F[B-](F)(F)F.F[B-](F)(F)F. The molecule has 0 saturated heterocycles. The average Bonchev–Trinajstić information content (AvgIpc) is 2.57. The van der Waals surface area contributed by atoms with E-state index in [2.05, 4.69) is 24.3 Å². The standard InChI is InChI=1S/C14H14O2Se2.2BF4/c1-15-11-6-5-7-12(10-11)17-18-14-9-4-3-8-13(14)16-2;2*2-1(3,4)5/h3-10H,1-2H3;;/q;2*-1. The summed E-state index contributed by atoms with van der Waals surface area (Å²) in [6.07, 6.45) is 0. The molecule has 0 aromatic heterocycles. The zero-order chi connectivity index (χ0) is 21.8. The van der Waals surface area contributed by atoms with E-state index in [4.69, 9.17) is 9.47 Å². The summed E-state index contributed by atoms with van der Waals surface area (Å²) in [6.45, 7) is 0. The zero-order valence-corrected chi connectivity index (χ0v) is 17.9. The van der Waals surface area contributed by atoms with Crippen molar-refractivity contribution in [3.63, 3.8) is 0 Å². The molecule has 2 aromatic rings. The Hall–Kier alpha value is -1.35. The third-order valence-electron chi connectivity index (χ3n) is 2.34. The fourth-order valence-electron chi connectivity index (χ4n) is 1.43. The van der Waals surface area contributed by atoms with E-state index in [1.165, 1.54) is 8.92 Å². The molecule has 2 rings (SSSR count). The maximum Gasteiger partial charge on any atom is 0.673 e. The van der Waals surface area contributed by atoms with E-state index in [9.17, 15) is 34.5 Å². The van der Waals surface area contributed by atoms with Gasteiger partial charge < -0.3 is 34.5 Å². The fourth-order valence-corrected chi connectivity index (χ4v) is 7.88. The molecule has 0 aliphatic carbocycles. The van der Waals surface area contributed by atoms with Crippen molar-refractivity contribution >= 4 is 49.7 Å². The van der Waals surface area contributed by atoms with Gasteiger partial charge in [0.15, 0.2) is 0 Å². The van der Waals surface area contributed by atoms with Crippen LogP contribution < -0.4 is 18.4 Å². The molecular formula is C14H14B2F8O2Se2-2. The smallest absolute Gasteiger partial charge is 0.418 e. The third-order valence-corrected chi connectivity index (χ3v) is 9.50. The first kappa shape index (κ1) is 26.6. The molecule has 0 unspecified atom stereocenters. The Bertz CT molecular complexity index is 678. The molecular weight excluding hydrogens is 532 g/mol. The van der Waals surface area contributed by atoms with Gasteiger partial charge in [0.2, 0.25) is 0 Å². The second-order valence-corrected chi connectivity index (χ2v) is 10.7. The number of benzene rings is 2. The van der Waals surface area contributed by atoms with Crippen molar-refractivity contribution in [2.75, 3.05) is 14.2 Å². The van der Waals surface area contributed by atoms with Crippen molar-refractivity contribution < 1.29 is 44.0 Å². The summed E-state index contributed by atoms with van der Waals surface area (Å²) < 4.78 is 91.3. The van der Waals surface area contributed by atoms with Crippen LogP contribution in [-0.4, -0.2) is 55.0 Å². The molecule has 158 valence electrons. The van der Waals surface area contributed by atoms with Crippen LogP contribution >= 0.6 is 0 Å². The summed E-state index contributed by atoms with van der Waals surface area (Å²) in [5.41, 5.74) is 0. The van der Waals surface area contributed by atoms with Crippen LogP contribution in [0.1, 0.15) is 0 Å². The summed E-state index contributed by atoms with van der Waals surface area (Å²) in [6, 6.07) is 16.6. The van der Waals surface area contributed by atoms with Crippen molar-refractivity contribution in [2.24, 2.45) is 0 Å². The number of ether oxygens (including phenoxy) is 2. The molecule has 0 spiro atoms. The first-order chi connectivity index (χ1) is 12.8. The van der Waals surface area contributed by atoms with Gasteiger partial charge in [-0.2, -0.15) is 0 Å². The molecule has 28 heavy (non-hydrogen) atoms. The molecule has 14 heteroatoms. The molecule has 2 nitrogen and oxygen atoms in total. The molecule has 2 aromatic carbocycles. The molecule has 0 heterocycles. The van der Waals surface area contributed by atoms with Crippen LogP contribution in [-0.2, 0) is 0 Å². The monoisotopic (exact) mass is 548 g/mol. The van der Waals surface area contributed by atoms with E-state index in [1.807, 2.05) is 24.3 Å². The molecule has 0 aliphatic rings. The van der Waals surface area contributed by atoms with Crippen LogP contribution in [0.15, 0.2) is 48.5 Å². The Morgan fingerprint density at radius 3 is 1.71 bits per heavy atom. The van der Waals surface area contributed by atoms with Gasteiger partial charge in [0.05, 0.1) is 0 Å². The van der Waals surface area contributed by atoms with E-state index in [0.29, 0.717) is 26.3 Å². The second kappa shape index (κ2) is 13.0. The van der Waals surface area contributed by atoms with Crippen molar-refractivity contribution in [2.45, 2.75) is 0 Å². The minimum atomic E-state index is -6.00. The van der Waals surface area contributed by atoms with Gasteiger partial charge in [-0.25, -0.2) is 0 Å². The number of methoxy groups -OCH3 is 2. The van der Waals surface area contributed by atoms with Crippen molar-refractivity contribution in [3.05, 3.63) is 48.5 Å². The largest absolute Gasteiger partial charge is 0.673 e. The summed E-state index contributed by atoms with van der Waals surface area (Å²) in [4.78, 5) is 0. The van der Waals surface area contributed by atoms with Crippen LogP contribution in [0.25, 0.3) is 0 Å². The van der Waals surface area contributed by atoms with Gasteiger partial charge in [-0.05, 0) is 0 Å². The number of para-hydroxylation sites is 1. The second-order valence-electron chi connectivity index (χ2n) is 4.49. The third kappa shape index (κ3) is 16.8. The molecule has 0 amide bonds. The van der Waals surface area contributed by atoms with E-state index >= 15 is 0 Å². The Morgan fingerprint density at radius 2 is 1.21 bits per heavy atom. The van der Waals surface area contributed by atoms with Gasteiger partial charge in [0, 0.05) is 0 Å². The Morgan fingerprint density at radius 1 is 0.679 bits per heavy atom. The van der Waals surface area contributed by atoms with Crippen molar-refractivity contribution in [1.82, 2.24) is 0 Å². The zero-order valence-electron chi connectivity index (χ0n) is 14.4. The van der Waals surface area contributed by atoms with E-state index in [0.717, 1.165) is 11.5 Å². The first-order valence-electron chi connectivity index (χ1n) is 7.19. The van der Waals surface area contributed by atoms with E-state index < -0.39 is 14.5 Å². The number of rotatable bonds is 5. The summed E-state index contributed by atoms with van der Waals surface area (Å²) in [5.74, 6) is 1.94. The molecule has 0 atom stereocenters. The number of hydrogen-bond acceptors (Lipinski definition) is 2. The Balaban J connectivity index is 0.000000607. The predicted octanol–water partition coefficient (Wildman–Crippen LogP) is 3.58. The topological polar surface area (TPSA) is 18.5 Å². The quantitative estimate of drug-likeness (QED) is 0.423. The molecule has 0 bridgehead atoms. The van der Waals surface area contributed by atoms with Crippen LogP contribution in [0.4, 0.5) is 34.5 Å². The van der Waals surface area contributed by atoms with Crippen LogP contribution in [0.5, 0.6) is 11.5 Å². The summed E-state index contributed by atoms with van der Waals surface area (Å²) in [7, 11) is -8.56. The van der Waals surface area contributed by atoms with Gasteiger partial charge >= 0.3 is 133 Å². The van der Waals surface area contributed by atoms with Crippen molar-refractivity contribution in [1.29, 1.82) is 0 Å². The van der Waals surface area contributed by atoms with Crippen LogP contribution in [0, 0.1) is 0 Å². The van der Waals surface area contributed by atoms with Gasteiger partial charge in [0.1, 0.15) is 0 Å². The maximum atomic E-state index is 9.75.